The maximum absolute atomic E-state index is 11.8. The highest BCUT2D eigenvalue weighted by atomic mass is 16.5. The summed E-state index contributed by atoms with van der Waals surface area (Å²) in [6.45, 7) is 3.54. The van der Waals surface area contributed by atoms with Crippen molar-refractivity contribution in [1.82, 2.24) is 0 Å². The molecule has 2 atom stereocenters. The third-order valence-corrected chi connectivity index (χ3v) is 3.91. The van der Waals surface area contributed by atoms with Crippen molar-refractivity contribution in [2.75, 3.05) is 7.11 Å². The summed E-state index contributed by atoms with van der Waals surface area (Å²) in [5.41, 5.74) is -0.514. The Morgan fingerprint density at radius 3 is 2.50 bits per heavy atom. The minimum atomic E-state index is -1.24. The number of ether oxygens (including phenoxy) is 1. The molecule has 0 aliphatic carbocycles. The summed E-state index contributed by atoms with van der Waals surface area (Å²) < 4.78 is 4.80. The van der Waals surface area contributed by atoms with Crippen molar-refractivity contribution >= 4 is 16.7 Å². The molecule has 0 saturated carbocycles. The van der Waals surface area contributed by atoms with Gasteiger partial charge in [-0.3, -0.25) is 4.79 Å². The number of aliphatic hydroxyl groups is 1. The number of hydrogen-bond acceptors (Lipinski definition) is 3. The van der Waals surface area contributed by atoms with Crippen LogP contribution < -0.4 is 0 Å². The molecule has 0 aliphatic heterocycles. The first-order valence-corrected chi connectivity index (χ1v) is 6.80. The van der Waals surface area contributed by atoms with Crippen LogP contribution in [0.1, 0.15) is 25.8 Å². The third kappa shape index (κ3) is 2.54. The van der Waals surface area contributed by atoms with E-state index in [0.717, 1.165) is 16.3 Å². The Labute approximate surface area is 119 Å². The van der Waals surface area contributed by atoms with Crippen LogP contribution in [-0.2, 0) is 15.1 Å². The molecule has 2 aromatic carbocycles. The number of carbonyl (C=O) groups excluding carboxylic acids is 1. The van der Waals surface area contributed by atoms with E-state index >= 15 is 0 Å². The molecule has 1 N–H and O–H groups in total. The van der Waals surface area contributed by atoms with Gasteiger partial charge in [-0.2, -0.15) is 0 Å². The van der Waals surface area contributed by atoms with Crippen LogP contribution in [-0.4, -0.2) is 18.2 Å². The van der Waals surface area contributed by atoms with Crippen LogP contribution in [0, 0.1) is 5.92 Å². The molecule has 0 saturated heterocycles. The maximum atomic E-state index is 11.8. The summed E-state index contributed by atoms with van der Waals surface area (Å²) in [7, 11) is 1.35. The van der Waals surface area contributed by atoms with Gasteiger partial charge in [-0.1, -0.05) is 43.3 Å². The number of carbonyl (C=O) groups is 1. The van der Waals surface area contributed by atoms with Crippen molar-refractivity contribution in [2.45, 2.75) is 25.9 Å². The summed E-state index contributed by atoms with van der Waals surface area (Å²) in [5, 5.41) is 13.0. The molecule has 20 heavy (non-hydrogen) atoms. The fourth-order valence-corrected chi connectivity index (χ4v) is 2.64. The van der Waals surface area contributed by atoms with E-state index in [1.165, 1.54) is 7.11 Å². The molecule has 0 amide bonds. The average molecular weight is 272 g/mol. The van der Waals surface area contributed by atoms with Crippen molar-refractivity contribution in [2.24, 2.45) is 5.92 Å². The lowest BCUT2D eigenvalue weighted by Gasteiger charge is -2.31. The smallest absolute Gasteiger partial charge is 0.311 e. The molecule has 106 valence electrons. The Hall–Kier alpha value is -1.87. The van der Waals surface area contributed by atoms with E-state index in [1.54, 1.807) is 6.92 Å². The van der Waals surface area contributed by atoms with Gasteiger partial charge in [0.05, 0.1) is 13.0 Å². The van der Waals surface area contributed by atoms with Gasteiger partial charge in [0.2, 0.25) is 0 Å². The molecule has 0 radical (unpaired) electrons. The van der Waals surface area contributed by atoms with Crippen molar-refractivity contribution in [3.63, 3.8) is 0 Å². The van der Waals surface area contributed by atoms with Gasteiger partial charge < -0.3 is 9.84 Å². The predicted molar refractivity (Wildman–Crippen MR) is 79.3 cm³/mol. The van der Waals surface area contributed by atoms with E-state index in [4.69, 9.17) is 4.74 Å². The summed E-state index contributed by atoms with van der Waals surface area (Å²) in [6.07, 6.45) is 0.520. The van der Waals surface area contributed by atoms with Gasteiger partial charge in [0.1, 0.15) is 5.60 Å². The molecule has 2 unspecified atom stereocenters. The van der Waals surface area contributed by atoms with Crippen molar-refractivity contribution in [3.05, 3.63) is 48.0 Å². The first-order valence-electron chi connectivity index (χ1n) is 6.80. The van der Waals surface area contributed by atoms with E-state index in [0.29, 0.717) is 6.42 Å². The van der Waals surface area contributed by atoms with Gasteiger partial charge in [0.15, 0.2) is 0 Å². The Balaban J connectivity index is 2.47. The molecule has 2 rings (SSSR count). The lowest BCUT2D eigenvalue weighted by atomic mass is 9.80. The SMILES string of the molecule is CCC(C(=O)OC)C(C)(O)c1ccc2ccccc2c1. The fourth-order valence-electron chi connectivity index (χ4n) is 2.64. The highest BCUT2D eigenvalue weighted by Crippen LogP contribution is 2.34. The van der Waals surface area contributed by atoms with Crippen LogP contribution in [0.5, 0.6) is 0 Å². The van der Waals surface area contributed by atoms with Gasteiger partial charge in [0, 0.05) is 0 Å². The molecule has 0 spiro atoms. The van der Waals surface area contributed by atoms with E-state index in [-0.39, 0.29) is 5.97 Å². The monoisotopic (exact) mass is 272 g/mol. The molecular formula is C17H20O3. The topological polar surface area (TPSA) is 46.5 Å². The molecular weight excluding hydrogens is 252 g/mol. The molecule has 0 aromatic heterocycles. The molecule has 0 aliphatic rings. The van der Waals surface area contributed by atoms with Crippen LogP contribution in [0.2, 0.25) is 0 Å². The van der Waals surface area contributed by atoms with Crippen LogP contribution in [0.15, 0.2) is 42.5 Å². The van der Waals surface area contributed by atoms with Gasteiger partial charge in [-0.05, 0) is 35.7 Å². The van der Waals surface area contributed by atoms with Gasteiger partial charge in [-0.15, -0.1) is 0 Å². The normalized spacial score (nSPS) is 15.6. The summed E-state index contributed by atoms with van der Waals surface area (Å²) in [5.74, 6) is -0.959. The largest absolute Gasteiger partial charge is 0.469 e. The summed E-state index contributed by atoms with van der Waals surface area (Å²) in [6, 6.07) is 13.7. The Morgan fingerprint density at radius 2 is 1.90 bits per heavy atom. The zero-order valence-electron chi connectivity index (χ0n) is 12.1. The van der Waals surface area contributed by atoms with Crippen LogP contribution in [0.3, 0.4) is 0 Å². The third-order valence-electron chi connectivity index (χ3n) is 3.91. The second-order valence-electron chi connectivity index (χ2n) is 5.19. The highest BCUT2D eigenvalue weighted by Gasteiger charge is 2.38. The summed E-state index contributed by atoms with van der Waals surface area (Å²) >= 11 is 0. The molecule has 2 aromatic rings. The van der Waals surface area contributed by atoms with Crippen LogP contribution in [0.25, 0.3) is 10.8 Å². The average Bonchev–Trinajstić information content (AvgIpc) is 2.46. The molecule has 0 bridgehead atoms. The number of benzene rings is 2. The number of fused-ring (bicyclic) bond motifs is 1. The quantitative estimate of drug-likeness (QED) is 0.869. The van der Waals surface area contributed by atoms with E-state index < -0.39 is 11.5 Å². The van der Waals surface area contributed by atoms with Crippen LogP contribution in [0.4, 0.5) is 0 Å². The fraction of sp³-hybridized carbons (Fsp3) is 0.353. The minimum Gasteiger partial charge on any atom is -0.469 e. The second-order valence-corrected chi connectivity index (χ2v) is 5.19. The second kappa shape index (κ2) is 5.63. The lowest BCUT2D eigenvalue weighted by Crippen LogP contribution is -2.37. The van der Waals surface area contributed by atoms with E-state index in [9.17, 15) is 9.90 Å². The zero-order chi connectivity index (χ0) is 14.8. The first-order chi connectivity index (χ1) is 9.50. The summed E-state index contributed by atoms with van der Waals surface area (Å²) in [4.78, 5) is 11.8. The van der Waals surface area contributed by atoms with E-state index in [2.05, 4.69) is 0 Å². The molecule has 0 fully saturated rings. The first kappa shape index (κ1) is 14.5. The van der Waals surface area contributed by atoms with E-state index in [1.807, 2.05) is 49.4 Å². The predicted octanol–water partition coefficient (Wildman–Crippen LogP) is 3.25. The number of methoxy groups -OCH3 is 1. The molecule has 3 nitrogen and oxygen atoms in total. The zero-order valence-corrected chi connectivity index (χ0v) is 12.1. The Kier molecular flexibility index (Phi) is 4.09. The van der Waals surface area contributed by atoms with Crippen molar-refractivity contribution in [3.8, 4) is 0 Å². The van der Waals surface area contributed by atoms with Crippen LogP contribution >= 0.6 is 0 Å². The number of esters is 1. The minimum absolute atomic E-state index is 0.384. The van der Waals surface area contributed by atoms with Gasteiger partial charge >= 0.3 is 5.97 Å². The van der Waals surface area contributed by atoms with Gasteiger partial charge in [-0.25, -0.2) is 0 Å². The standard InChI is InChI=1S/C17H20O3/c1-4-15(16(18)20-3)17(2,19)14-10-9-12-7-5-6-8-13(12)11-14/h5-11,15,19H,4H2,1-3H3. The number of rotatable bonds is 4. The van der Waals surface area contributed by atoms with Gasteiger partial charge in [0.25, 0.3) is 0 Å². The maximum Gasteiger partial charge on any atom is 0.311 e. The highest BCUT2D eigenvalue weighted by molar-refractivity contribution is 5.83. The molecule has 0 heterocycles. The Bertz CT molecular complexity index is 616. The lowest BCUT2D eigenvalue weighted by molar-refractivity contribution is -0.155. The van der Waals surface area contributed by atoms with Crippen molar-refractivity contribution < 1.29 is 14.6 Å². The number of hydrogen-bond donors (Lipinski definition) is 1. The Morgan fingerprint density at radius 1 is 1.25 bits per heavy atom. The molecule has 3 heteroatoms. The van der Waals surface area contributed by atoms with Crippen molar-refractivity contribution in [1.29, 1.82) is 0 Å².